The van der Waals surface area contributed by atoms with Crippen molar-refractivity contribution in [1.29, 1.82) is 5.26 Å². The Morgan fingerprint density at radius 1 is 1.61 bits per heavy atom. The Balaban J connectivity index is 2.11. The Hall–Kier alpha value is -1.86. The zero-order valence-corrected chi connectivity index (χ0v) is 10.4. The number of hydrogen-bond donors (Lipinski definition) is 2. The SMILES string of the molecule is CC(CC#N)NC(=O)C1NCCc2ccccc21. The van der Waals surface area contributed by atoms with E-state index in [1.54, 1.807) is 0 Å². The molecule has 4 nitrogen and oxygen atoms in total. The quantitative estimate of drug-likeness (QED) is 0.840. The van der Waals surface area contributed by atoms with Gasteiger partial charge >= 0.3 is 0 Å². The van der Waals surface area contributed by atoms with Crippen molar-refractivity contribution in [2.75, 3.05) is 6.54 Å². The summed E-state index contributed by atoms with van der Waals surface area (Å²) in [7, 11) is 0. The van der Waals surface area contributed by atoms with Crippen LogP contribution in [0.1, 0.15) is 30.5 Å². The lowest BCUT2D eigenvalue weighted by atomic mass is 9.94. The van der Waals surface area contributed by atoms with Gasteiger partial charge in [0, 0.05) is 12.6 Å². The van der Waals surface area contributed by atoms with Crippen LogP contribution in [0.4, 0.5) is 0 Å². The van der Waals surface area contributed by atoms with Gasteiger partial charge in [0.15, 0.2) is 0 Å². The number of carbonyl (C=O) groups is 1. The highest BCUT2D eigenvalue weighted by Gasteiger charge is 2.26. The number of nitriles is 1. The number of hydrogen-bond acceptors (Lipinski definition) is 3. The van der Waals surface area contributed by atoms with Gasteiger partial charge in [-0.2, -0.15) is 5.26 Å². The molecule has 0 fully saturated rings. The van der Waals surface area contributed by atoms with Gasteiger partial charge in [0.25, 0.3) is 0 Å². The van der Waals surface area contributed by atoms with Gasteiger partial charge in [-0.1, -0.05) is 24.3 Å². The van der Waals surface area contributed by atoms with Gasteiger partial charge < -0.3 is 10.6 Å². The van der Waals surface area contributed by atoms with Crippen LogP contribution in [0.25, 0.3) is 0 Å². The van der Waals surface area contributed by atoms with Gasteiger partial charge in [-0.15, -0.1) is 0 Å². The van der Waals surface area contributed by atoms with E-state index in [9.17, 15) is 4.79 Å². The molecule has 2 atom stereocenters. The summed E-state index contributed by atoms with van der Waals surface area (Å²) in [5.74, 6) is -0.0510. The van der Waals surface area contributed by atoms with Crippen LogP contribution < -0.4 is 10.6 Å². The van der Waals surface area contributed by atoms with E-state index >= 15 is 0 Å². The Bertz CT molecular complexity index is 478. The summed E-state index contributed by atoms with van der Waals surface area (Å²) in [4.78, 5) is 12.2. The first-order chi connectivity index (χ1) is 8.72. The maximum absolute atomic E-state index is 12.2. The molecular formula is C14H17N3O. The van der Waals surface area contributed by atoms with Crippen molar-refractivity contribution in [3.05, 3.63) is 35.4 Å². The maximum Gasteiger partial charge on any atom is 0.241 e. The van der Waals surface area contributed by atoms with Crippen LogP contribution in [0.3, 0.4) is 0 Å². The molecule has 0 saturated carbocycles. The summed E-state index contributed by atoms with van der Waals surface area (Å²) in [6.07, 6.45) is 1.29. The van der Waals surface area contributed by atoms with Crippen LogP contribution >= 0.6 is 0 Å². The van der Waals surface area contributed by atoms with Crippen LogP contribution in [0.5, 0.6) is 0 Å². The summed E-state index contributed by atoms with van der Waals surface area (Å²) in [6, 6.07) is 9.65. The highest BCUT2D eigenvalue weighted by atomic mass is 16.2. The van der Waals surface area contributed by atoms with Crippen LogP contribution in [0, 0.1) is 11.3 Å². The van der Waals surface area contributed by atoms with Crippen molar-refractivity contribution < 1.29 is 4.79 Å². The number of rotatable bonds is 3. The van der Waals surface area contributed by atoms with Gasteiger partial charge in [-0.3, -0.25) is 4.79 Å². The molecule has 2 N–H and O–H groups in total. The number of nitrogens with one attached hydrogen (secondary N) is 2. The molecule has 0 aromatic heterocycles. The molecule has 18 heavy (non-hydrogen) atoms. The molecule has 1 aromatic carbocycles. The minimum atomic E-state index is -0.295. The fraction of sp³-hybridized carbons (Fsp3) is 0.429. The minimum Gasteiger partial charge on any atom is -0.351 e. The fourth-order valence-electron chi connectivity index (χ4n) is 2.25. The van der Waals surface area contributed by atoms with Crippen LogP contribution in [-0.2, 0) is 11.2 Å². The lowest BCUT2D eigenvalue weighted by Gasteiger charge is -2.27. The Kier molecular flexibility index (Phi) is 3.96. The van der Waals surface area contributed by atoms with Crippen molar-refractivity contribution >= 4 is 5.91 Å². The van der Waals surface area contributed by atoms with Crippen molar-refractivity contribution in [3.8, 4) is 6.07 Å². The highest BCUT2D eigenvalue weighted by molar-refractivity contribution is 5.84. The third-order valence-corrected chi connectivity index (χ3v) is 3.16. The molecule has 0 radical (unpaired) electrons. The van der Waals surface area contributed by atoms with E-state index in [2.05, 4.69) is 22.8 Å². The van der Waals surface area contributed by atoms with Crippen molar-refractivity contribution in [1.82, 2.24) is 10.6 Å². The predicted octanol–water partition coefficient (Wildman–Crippen LogP) is 1.29. The first-order valence-electron chi connectivity index (χ1n) is 6.21. The number of carbonyl (C=O) groups excluding carboxylic acids is 1. The van der Waals surface area contributed by atoms with E-state index in [0.29, 0.717) is 6.42 Å². The maximum atomic E-state index is 12.2. The summed E-state index contributed by atoms with van der Waals surface area (Å²) < 4.78 is 0. The molecule has 1 aliphatic heterocycles. The third kappa shape index (κ3) is 2.69. The molecule has 1 aliphatic rings. The molecule has 1 heterocycles. The zero-order chi connectivity index (χ0) is 13.0. The smallest absolute Gasteiger partial charge is 0.241 e. The number of benzene rings is 1. The van der Waals surface area contributed by atoms with Gasteiger partial charge in [0.1, 0.15) is 6.04 Å². The molecule has 0 saturated heterocycles. The zero-order valence-electron chi connectivity index (χ0n) is 10.4. The molecule has 0 aliphatic carbocycles. The molecule has 94 valence electrons. The van der Waals surface area contributed by atoms with Crippen molar-refractivity contribution in [3.63, 3.8) is 0 Å². The second-order valence-electron chi connectivity index (χ2n) is 4.61. The molecule has 4 heteroatoms. The second-order valence-corrected chi connectivity index (χ2v) is 4.61. The largest absolute Gasteiger partial charge is 0.351 e. The van der Waals surface area contributed by atoms with Crippen LogP contribution in [-0.4, -0.2) is 18.5 Å². The Morgan fingerprint density at radius 3 is 3.17 bits per heavy atom. The third-order valence-electron chi connectivity index (χ3n) is 3.16. The van der Waals surface area contributed by atoms with Gasteiger partial charge in [-0.05, 0) is 24.5 Å². The average Bonchev–Trinajstić information content (AvgIpc) is 2.38. The van der Waals surface area contributed by atoms with Crippen molar-refractivity contribution in [2.24, 2.45) is 0 Å². The second kappa shape index (κ2) is 5.65. The lowest BCUT2D eigenvalue weighted by Crippen LogP contribution is -2.44. The first kappa shape index (κ1) is 12.6. The molecule has 2 unspecified atom stereocenters. The molecule has 1 amide bonds. The van der Waals surface area contributed by atoms with E-state index in [-0.39, 0.29) is 18.0 Å². The van der Waals surface area contributed by atoms with Crippen LogP contribution in [0.2, 0.25) is 0 Å². The van der Waals surface area contributed by atoms with E-state index in [4.69, 9.17) is 5.26 Å². The molecule has 2 rings (SSSR count). The molecular weight excluding hydrogens is 226 g/mol. The number of amides is 1. The van der Waals surface area contributed by atoms with E-state index in [0.717, 1.165) is 18.5 Å². The van der Waals surface area contributed by atoms with E-state index in [1.165, 1.54) is 5.56 Å². The topological polar surface area (TPSA) is 64.9 Å². The van der Waals surface area contributed by atoms with Crippen LogP contribution in [0.15, 0.2) is 24.3 Å². The minimum absolute atomic E-state index is 0.0510. The standard InChI is InChI=1S/C14H17N3O/c1-10(6-8-15)17-14(18)13-12-5-3-2-4-11(12)7-9-16-13/h2-5,10,13,16H,6-7,9H2,1H3,(H,17,18). The Morgan fingerprint density at radius 2 is 2.39 bits per heavy atom. The first-order valence-corrected chi connectivity index (χ1v) is 6.21. The fourth-order valence-corrected chi connectivity index (χ4v) is 2.25. The Labute approximate surface area is 107 Å². The van der Waals surface area contributed by atoms with Gasteiger partial charge in [0.2, 0.25) is 5.91 Å². The highest BCUT2D eigenvalue weighted by Crippen LogP contribution is 2.22. The molecule has 0 spiro atoms. The summed E-state index contributed by atoms with van der Waals surface area (Å²) in [6.45, 7) is 2.65. The normalized spacial score (nSPS) is 19.4. The van der Waals surface area contributed by atoms with Gasteiger partial charge in [0.05, 0.1) is 12.5 Å². The molecule has 1 aromatic rings. The monoisotopic (exact) mass is 243 g/mol. The summed E-state index contributed by atoms with van der Waals surface area (Å²) in [5.41, 5.74) is 2.27. The predicted molar refractivity (Wildman–Crippen MR) is 68.7 cm³/mol. The average molecular weight is 243 g/mol. The number of fused-ring (bicyclic) bond motifs is 1. The lowest BCUT2D eigenvalue weighted by molar-refractivity contribution is -0.124. The number of nitrogens with zero attached hydrogens (tertiary/aromatic N) is 1. The van der Waals surface area contributed by atoms with Crippen molar-refractivity contribution in [2.45, 2.75) is 31.8 Å². The van der Waals surface area contributed by atoms with Gasteiger partial charge in [-0.25, -0.2) is 0 Å². The summed E-state index contributed by atoms with van der Waals surface area (Å²) >= 11 is 0. The van der Waals surface area contributed by atoms with E-state index < -0.39 is 0 Å². The molecule has 0 bridgehead atoms. The van der Waals surface area contributed by atoms with E-state index in [1.807, 2.05) is 25.1 Å². The summed E-state index contributed by atoms with van der Waals surface area (Å²) in [5, 5.41) is 14.7.